The van der Waals surface area contributed by atoms with E-state index < -0.39 is 0 Å². The van der Waals surface area contributed by atoms with Crippen LogP contribution in [0.15, 0.2) is 29.2 Å². The number of rotatable bonds is 4. The Morgan fingerprint density at radius 3 is 2.57 bits per heavy atom. The normalized spacial score (nSPS) is 26.1. The molecule has 1 N–H and O–H groups in total. The molecule has 1 aromatic carbocycles. The largest absolute Gasteiger partial charge is 0.389 e. The average Bonchev–Trinajstić information content (AvgIpc) is 2.89. The number of thioether (sulfide) groups is 1. The van der Waals surface area contributed by atoms with Crippen LogP contribution in [0.1, 0.15) is 63.5 Å². The van der Waals surface area contributed by atoms with Crippen molar-refractivity contribution in [1.29, 1.82) is 0 Å². The Labute approximate surface area is 132 Å². The molecule has 1 heterocycles. The van der Waals surface area contributed by atoms with Gasteiger partial charge in [0, 0.05) is 10.6 Å². The smallest absolute Gasteiger partial charge is 0.0761 e. The van der Waals surface area contributed by atoms with Crippen molar-refractivity contribution in [2.24, 2.45) is 0 Å². The Morgan fingerprint density at radius 1 is 1.19 bits per heavy atom. The molecule has 0 radical (unpaired) electrons. The molecule has 1 aliphatic heterocycles. The molecule has 0 bridgehead atoms. The van der Waals surface area contributed by atoms with Crippen LogP contribution < -0.4 is 0 Å². The summed E-state index contributed by atoms with van der Waals surface area (Å²) in [6, 6.07) is 8.26. The van der Waals surface area contributed by atoms with Gasteiger partial charge in [-0.3, -0.25) is 0 Å². The van der Waals surface area contributed by atoms with Gasteiger partial charge in [-0.15, -0.1) is 11.8 Å². The van der Waals surface area contributed by atoms with Crippen LogP contribution in [-0.4, -0.2) is 22.6 Å². The van der Waals surface area contributed by atoms with Gasteiger partial charge in [0.25, 0.3) is 0 Å². The Kier molecular flexibility index (Phi) is 4.92. The predicted octanol–water partition coefficient (Wildman–Crippen LogP) is 4.71. The molecule has 0 aromatic heterocycles. The summed E-state index contributed by atoms with van der Waals surface area (Å²) >= 11 is 1.88. The lowest BCUT2D eigenvalue weighted by Gasteiger charge is -2.33. The number of benzene rings is 1. The van der Waals surface area contributed by atoms with Gasteiger partial charge < -0.3 is 9.84 Å². The maximum Gasteiger partial charge on any atom is 0.0761 e. The maximum atomic E-state index is 9.53. The fourth-order valence-electron chi connectivity index (χ4n) is 3.61. The van der Waals surface area contributed by atoms with Crippen LogP contribution in [-0.2, 0) is 4.74 Å². The first-order valence-corrected chi connectivity index (χ1v) is 9.24. The van der Waals surface area contributed by atoms with E-state index in [0.29, 0.717) is 6.10 Å². The summed E-state index contributed by atoms with van der Waals surface area (Å²) in [5, 5.41) is 9.53. The van der Waals surface area contributed by atoms with E-state index in [9.17, 15) is 5.11 Å². The molecule has 1 aliphatic carbocycles. The summed E-state index contributed by atoms with van der Waals surface area (Å²) in [5.41, 5.74) is 1.22. The summed E-state index contributed by atoms with van der Waals surface area (Å²) in [4.78, 5) is 1.27. The highest BCUT2D eigenvalue weighted by Crippen LogP contribution is 2.42. The highest BCUT2D eigenvalue weighted by molar-refractivity contribution is 7.99. The van der Waals surface area contributed by atoms with Crippen molar-refractivity contribution >= 4 is 11.8 Å². The van der Waals surface area contributed by atoms with E-state index in [1.807, 2.05) is 23.9 Å². The lowest BCUT2D eigenvalue weighted by atomic mass is 9.83. The predicted molar refractivity (Wildman–Crippen MR) is 87.7 cm³/mol. The monoisotopic (exact) mass is 306 g/mol. The summed E-state index contributed by atoms with van der Waals surface area (Å²) in [6.45, 7) is 1.80. The second-order valence-corrected chi connectivity index (χ2v) is 7.67. The Hall–Kier alpha value is -0.510. The van der Waals surface area contributed by atoms with Crippen LogP contribution in [0.3, 0.4) is 0 Å². The molecule has 3 rings (SSSR count). The topological polar surface area (TPSA) is 29.5 Å². The average molecular weight is 306 g/mol. The SMILES string of the molecule is CC(O)c1ccc(SCC2CCC3(CCCCC3)O2)cc1. The second-order valence-electron chi connectivity index (χ2n) is 6.58. The maximum absolute atomic E-state index is 9.53. The minimum atomic E-state index is -0.381. The number of aliphatic hydroxyl groups is 1. The zero-order valence-corrected chi connectivity index (χ0v) is 13.7. The van der Waals surface area contributed by atoms with Gasteiger partial charge in [0.1, 0.15) is 0 Å². The number of hydrogen-bond acceptors (Lipinski definition) is 3. The molecule has 1 saturated carbocycles. The molecule has 2 atom stereocenters. The fraction of sp³-hybridized carbons (Fsp3) is 0.667. The van der Waals surface area contributed by atoms with Crippen LogP contribution in [0.25, 0.3) is 0 Å². The van der Waals surface area contributed by atoms with Crippen molar-refractivity contribution in [3.8, 4) is 0 Å². The highest BCUT2D eigenvalue weighted by atomic mass is 32.2. The summed E-state index contributed by atoms with van der Waals surface area (Å²) in [7, 11) is 0. The van der Waals surface area contributed by atoms with Crippen molar-refractivity contribution in [1.82, 2.24) is 0 Å². The quantitative estimate of drug-likeness (QED) is 0.817. The van der Waals surface area contributed by atoms with Crippen LogP contribution in [0.2, 0.25) is 0 Å². The van der Waals surface area contributed by atoms with Crippen LogP contribution in [0.5, 0.6) is 0 Å². The van der Waals surface area contributed by atoms with E-state index in [2.05, 4.69) is 12.1 Å². The van der Waals surface area contributed by atoms with E-state index in [-0.39, 0.29) is 11.7 Å². The van der Waals surface area contributed by atoms with Crippen molar-refractivity contribution in [2.75, 3.05) is 5.75 Å². The lowest BCUT2D eigenvalue weighted by Crippen LogP contribution is -2.32. The third kappa shape index (κ3) is 3.82. The first kappa shape index (κ1) is 15.4. The molecule has 1 aromatic rings. The first-order valence-electron chi connectivity index (χ1n) is 8.26. The van der Waals surface area contributed by atoms with Gasteiger partial charge in [-0.1, -0.05) is 31.4 Å². The van der Waals surface area contributed by atoms with Gasteiger partial charge in [-0.05, 0) is 50.3 Å². The zero-order valence-electron chi connectivity index (χ0n) is 12.9. The van der Waals surface area contributed by atoms with Crippen molar-refractivity contribution in [3.63, 3.8) is 0 Å². The van der Waals surface area contributed by atoms with Crippen molar-refractivity contribution < 1.29 is 9.84 Å². The van der Waals surface area contributed by atoms with Gasteiger partial charge in [-0.25, -0.2) is 0 Å². The molecule has 2 unspecified atom stereocenters. The van der Waals surface area contributed by atoms with Crippen LogP contribution in [0, 0.1) is 0 Å². The summed E-state index contributed by atoms with van der Waals surface area (Å²) in [6.07, 6.45) is 9.16. The molecule has 21 heavy (non-hydrogen) atoms. The van der Waals surface area contributed by atoms with Gasteiger partial charge in [0.2, 0.25) is 0 Å². The first-order chi connectivity index (χ1) is 10.2. The highest BCUT2D eigenvalue weighted by Gasteiger charge is 2.40. The van der Waals surface area contributed by atoms with Gasteiger partial charge in [-0.2, -0.15) is 0 Å². The number of aliphatic hydroxyl groups excluding tert-OH is 1. The Morgan fingerprint density at radius 2 is 1.90 bits per heavy atom. The second kappa shape index (κ2) is 6.72. The fourth-order valence-corrected chi connectivity index (χ4v) is 4.55. The van der Waals surface area contributed by atoms with Crippen molar-refractivity contribution in [2.45, 2.75) is 74.6 Å². The molecule has 3 heteroatoms. The molecule has 2 fully saturated rings. The standard InChI is InChI=1S/C18H26O2S/c1-14(19)15-5-7-17(8-6-15)21-13-16-9-12-18(20-16)10-3-2-4-11-18/h5-8,14,16,19H,2-4,9-13H2,1H3. The minimum absolute atomic E-state index is 0.236. The third-order valence-corrected chi connectivity index (χ3v) is 6.05. The molecular weight excluding hydrogens is 280 g/mol. The molecule has 1 saturated heterocycles. The zero-order chi connectivity index (χ0) is 14.7. The van der Waals surface area contributed by atoms with E-state index in [0.717, 1.165) is 11.3 Å². The van der Waals surface area contributed by atoms with Crippen LogP contribution >= 0.6 is 11.8 Å². The van der Waals surface area contributed by atoms with Gasteiger partial charge in [0.05, 0.1) is 17.8 Å². The van der Waals surface area contributed by atoms with E-state index in [1.54, 1.807) is 6.92 Å². The van der Waals surface area contributed by atoms with E-state index in [4.69, 9.17) is 4.74 Å². The van der Waals surface area contributed by atoms with Crippen molar-refractivity contribution in [3.05, 3.63) is 29.8 Å². The summed E-state index contributed by atoms with van der Waals surface area (Å²) < 4.78 is 6.41. The Bertz CT molecular complexity index is 449. The van der Waals surface area contributed by atoms with E-state index in [1.165, 1.54) is 49.8 Å². The molecule has 2 aliphatic rings. The molecule has 0 amide bonds. The summed E-state index contributed by atoms with van der Waals surface area (Å²) in [5.74, 6) is 1.05. The molecule has 2 nitrogen and oxygen atoms in total. The van der Waals surface area contributed by atoms with Crippen LogP contribution in [0.4, 0.5) is 0 Å². The number of ether oxygens (including phenoxy) is 1. The molecular formula is C18H26O2S. The lowest BCUT2D eigenvalue weighted by molar-refractivity contribution is -0.0555. The number of hydrogen-bond donors (Lipinski definition) is 1. The Balaban J connectivity index is 1.49. The van der Waals surface area contributed by atoms with E-state index >= 15 is 0 Å². The molecule has 1 spiro atoms. The van der Waals surface area contributed by atoms with Gasteiger partial charge in [0.15, 0.2) is 0 Å². The molecule has 116 valence electrons. The minimum Gasteiger partial charge on any atom is -0.389 e. The van der Waals surface area contributed by atoms with Gasteiger partial charge >= 0.3 is 0 Å². The third-order valence-electron chi connectivity index (χ3n) is 4.90.